The number of hydrogen-bond acceptors (Lipinski definition) is 5. The third-order valence-electron chi connectivity index (χ3n) is 6.32. The maximum atomic E-state index is 13.7. The standard InChI is InChI=1S/C22H29F3N4O2/c1-4-15-11-20(22(23,24)25)29-21(26-15)12-16(27-29)17-6-5-9-28(17)13-14-7-8-18(30-2)19(10-14)31-3/h7-8,10,12,15,17,20,26H,4-6,9,11,13H2,1-3H3/t15-,17-,20-/m1/s1. The topological polar surface area (TPSA) is 51.6 Å². The van der Waals surface area contributed by atoms with Crippen molar-refractivity contribution < 1.29 is 22.6 Å². The van der Waals surface area contributed by atoms with Gasteiger partial charge < -0.3 is 14.8 Å². The van der Waals surface area contributed by atoms with Crippen LogP contribution in [0.5, 0.6) is 11.5 Å². The van der Waals surface area contributed by atoms with E-state index in [-0.39, 0.29) is 18.5 Å². The van der Waals surface area contributed by atoms with E-state index in [2.05, 4.69) is 15.3 Å². The predicted octanol–water partition coefficient (Wildman–Crippen LogP) is 4.94. The number of fused-ring (bicyclic) bond motifs is 1. The molecule has 1 fully saturated rings. The normalized spacial score (nSPS) is 24.0. The van der Waals surface area contributed by atoms with E-state index < -0.39 is 12.2 Å². The summed E-state index contributed by atoms with van der Waals surface area (Å²) in [5.74, 6) is 1.80. The number of halogens is 3. The van der Waals surface area contributed by atoms with Crippen molar-refractivity contribution in [2.45, 2.75) is 63.5 Å². The Balaban J connectivity index is 1.58. The third-order valence-corrected chi connectivity index (χ3v) is 6.32. The Morgan fingerprint density at radius 2 is 1.94 bits per heavy atom. The van der Waals surface area contributed by atoms with Crippen molar-refractivity contribution in [3.8, 4) is 11.5 Å². The fraction of sp³-hybridized carbons (Fsp3) is 0.591. The molecule has 31 heavy (non-hydrogen) atoms. The van der Waals surface area contributed by atoms with Crippen LogP contribution in [0.1, 0.15) is 55.9 Å². The SMILES string of the molecule is CC[C@@H]1C[C@H](C(F)(F)F)n2nc([C@H]3CCCN3Cc3ccc(OC)c(OC)c3)cc2N1. The van der Waals surface area contributed by atoms with E-state index in [1.165, 1.54) is 0 Å². The monoisotopic (exact) mass is 438 g/mol. The Morgan fingerprint density at radius 3 is 2.61 bits per heavy atom. The molecule has 1 N–H and O–H groups in total. The summed E-state index contributed by atoms with van der Waals surface area (Å²) in [6.07, 6.45) is -1.82. The molecule has 1 saturated heterocycles. The van der Waals surface area contributed by atoms with Crippen LogP contribution < -0.4 is 14.8 Å². The molecule has 3 heterocycles. The molecule has 0 spiro atoms. The Kier molecular flexibility index (Phi) is 6.05. The second kappa shape index (κ2) is 8.61. The highest BCUT2D eigenvalue weighted by Gasteiger charge is 2.46. The lowest BCUT2D eigenvalue weighted by Crippen LogP contribution is -2.38. The Labute approximate surface area is 180 Å². The van der Waals surface area contributed by atoms with Crippen molar-refractivity contribution in [1.29, 1.82) is 0 Å². The molecule has 3 atom stereocenters. The minimum Gasteiger partial charge on any atom is -0.493 e. The number of rotatable bonds is 6. The number of anilines is 1. The van der Waals surface area contributed by atoms with Crippen LogP contribution in [0.4, 0.5) is 19.0 Å². The van der Waals surface area contributed by atoms with Crippen molar-refractivity contribution in [2.24, 2.45) is 0 Å². The van der Waals surface area contributed by atoms with Gasteiger partial charge in [-0.2, -0.15) is 18.3 Å². The zero-order chi connectivity index (χ0) is 22.2. The highest BCUT2D eigenvalue weighted by atomic mass is 19.4. The van der Waals surface area contributed by atoms with Gasteiger partial charge in [-0.15, -0.1) is 0 Å². The molecule has 0 unspecified atom stereocenters. The average molecular weight is 438 g/mol. The molecule has 0 aliphatic carbocycles. The van der Waals surface area contributed by atoms with Crippen molar-refractivity contribution >= 4 is 5.82 Å². The first-order valence-corrected chi connectivity index (χ1v) is 10.7. The van der Waals surface area contributed by atoms with Crippen molar-refractivity contribution in [1.82, 2.24) is 14.7 Å². The van der Waals surface area contributed by atoms with E-state index in [1.807, 2.05) is 25.1 Å². The second-order valence-electron chi connectivity index (χ2n) is 8.26. The summed E-state index contributed by atoms with van der Waals surface area (Å²) in [4.78, 5) is 2.27. The van der Waals surface area contributed by atoms with Crippen molar-refractivity contribution in [3.63, 3.8) is 0 Å². The van der Waals surface area contributed by atoms with Gasteiger partial charge in [-0.05, 0) is 49.9 Å². The summed E-state index contributed by atoms with van der Waals surface area (Å²) in [5, 5.41) is 7.69. The fourth-order valence-corrected chi connectivity index (χ4v) is 4.66. The van der Waals surface area contributed by atoms with E-state index in [9.17, 15) is 13.2 Å². The summed E-state index contributed by atoms with van der Waals surface area (Å²) in [7, 11) is 3.20. The van der Waals surface area contributed by atoms with Gasteiger partial charge in [0, 0.05) is 18.7 Å². The van der Waals surface area contributed by atoms with E-state index in [0.29, 0.717) is 36.0 Å². The van der Waals surface area contributed by atoms with E-state index in [0.717, 1.165) is 29.6 Å². The summed E-state index contributed by atoms with van der Waals surface area (Å²) in [6.45, 7) is 3.44. The quantitative estimate of drug-likeness (QED) is 0.693. The summed E-state index contributed by atoms with van der Waals surface area (Å²) >= 11 is 0. The molecule has 4 rings (SSSR count). The molecule has 170 valence electrons. The number of likely N-dealkylation sites (tertiary alicyclic amines) is 1. The van der Waals surface area contributed by atoms with Gasteiger partial charge in [0.15, 0.2) is 17.5 Å². The fourth-order valence-electron chi connectivity index (χ4n) is 4.66. The zero-order valence-corrected chi connectivity index (χ0v) is 18.1. The number of hydrogen-bond donors (Lipinski definition) is 1. The van der Waals surface area contributed by atoms with E-state index >= 15 is 0 Å². The highest BCUT2D eigenvalue weighted by Crippen LogP contribution is 2.42. The van der Waals surface area contributed by atoms with Crippen molar-refractivity contribution in [2.75, 3.05) is 26.1 Å². The maximum Gasteiger partial charge on any atom is 0.410 e. The Hall–Kier alpha value is -2.42. The number of nitrogens with one attached hydrogen (secondary N) is 1. The van der Waals surface area contributed by atoms with Gasteiger partial charge in [0.2, 0.25) is 0 Å². The van der Waals surface area contributed by atoms with Gasteiger partial charge in [-0.25, -0.2) is 4.68 Å². The van der Waals surface area contributed by atoms with Crippen LogP contribution in [-0.4, -0.2) is 47.7 Å². The average Bonchev–Trinajstić information content (AvgIpc) is 3.38. The first-order valence-electron chi connectivity index (χ1n) is 10.7. The van der Waals surface area contributed by atoms with Crippen LogP contribution in [0.25, 0.3) is 0 Å². The molecule has 0 bridgehead atoms. The third kappa shape index (κ3) is 4.33. The van der Waals surface area contributed by atoms with Gasteiger partial charge in [-0.1, -0.05) is 13.0 Å². The molecular formula is C22H29F3N4O2. The molecular weight excluding hydrogens is 409 g/mol. The van der Waals surface area contributed by atoms with Crippen LogP contribution in [-0.2, 0) is 6.54 Å². The van der Waals surface area contributed by atoms with Crippen LogP contribution in [0, 0.1) is 0 Å². The maximum absolute atomic E-state index is 13.7. The van der Waals surface area contributed by atoms with Crippen LogP contribution in [0.15, 0.2) is 24.3 Å². The van der Waals surface area contributed by atoms with Gasteiger partial charge in [0.25, 0.3) is 0 Å². The molecule has 1 aromatic carbocycles. The largest absolute Gasteiger partial charge is 0.493 e. The number of nitrogens with zero attached hydrogens (tertiary/aromatic N) is 3. The Bertz CT molecular complexity index is 915. The number of ether oxygens (including phenoxy) is 2. The minimum absolute atomic E-state index is 0.00808. The summed E-state index contributed by atoms with van der Waals surface area (Å²) in [5.41, 5.74) is 1.76. The van der Waals surface area contributed by atoms with Crippen LogP contribution >= 0.6 is 0 Å². The molecule has 2 aromatic rings. The molecule has 0 saturated carbocycles. The first kappa shape index (κ1) is 21.8. The number of aromatic nitrogens is 2. The Morgan fingerprint density at radius 1 is 1.16 bits per heavy atom. The van der Waals surface area contributed by atoms with Gasteiger partial charge in [0.1, 0.15) is 5.82 Å². The van der Waals surface area contributed by atoms with E-state index in [1.54, 1.807) is 20.3 Å². The second-order valence-corrected chi connectivity index (χ2v) is 8.26. The lowest BCUT2D eigenvalue weighted by Gasteiger charge is -2.32. The number of benzene rings is 1. The number of methoxy groups -OCH3 is 2. The van der Waals surface area contributed by atoms with Crippen LogP contribution in [0.3, 0.4) is 0 Å². The molecule has 2 aliphatic heterocycles. The minimum atomic E-state index is -4.32. The van der Waals surface area contributed by atoms with E-state index in [4.69, 9.17) is 9.47 Å². The molecule has 1 aromatic heterocycles. The predicted molar refractivity (Wildman–Crippen MR) is 112 cm³/mol. The molecule has 2 aliphatic rings. The van der Waals surface area contributed by atoms with Gasteiger partial charge in [-0.3, -0.25) is 4.90 Å². The first-order chi connectivity index (χ1) is 14.8. The van der Waals surface area contributed by atoms with Crippen LogP contribution in [0.2, 0.25) is 0 Å². The highest BCUT2D eigenvalue weighted by molar-refractivity contribution is 5.44. The van der Waals surface area contributed by atoms with Gasteiger partial charge in [0.05, 0.1) is 26.0 Å². The summed E-state index contributed by atoms with van der Waals surface area (Å²) in [6, 6.07) is 5.82. The molecule has 0 radical (unpaired) electrons. The van der Waals surface area contributed by atoms with Crippen molar-refractivity contribution in [3.05, 3.63) is 35.5 Å². The number of alkyl halides is 3. The van der Waals surface area contributed by atoms with Gasteiger partial charge >= 0.3 is 6.18 Å². The summed E-state index contributed by atoms with van der Waals surface area (Å²) < 4.78 is 52.9. The molecule has 6 nitrogen and oxygen atoms in total. The molecule has 9 heteroatoms. The smallest absolute Gasteiger partial charge is 0.410 e. The lowest BCUT2D eigenvalue weighted by atomic mass is 10.0. The lowest BCUT2D eigenvalue weighted by molar-refractivity contribution is -0.173. The molecule has 0 amide bonds. The zero-order valence-electron chi connectivity index (χ0n) is 18.1.